The minimum Gasteiger partial charge on any atom is -0.496 e. The van der Waals surface area contributed by atoms with Crippen molar-refractivity contribution in [2.75, 3.05) is 19.2 Å². The smallest absolute Gasteiger partial charge is 0.236 e. The Labute approximate surface area is 167 Å². The van der Waals surface area contributed by atoms with Crippen LogP contribution in [-0.2, 0) is 10.2 Å². The summed E-state index contributed by atoms with van der Waals surface area (Å²) in [6, 6.07) is 16.8. The maximum absolute atomic E-state index is 13.0. The number of nitrogens with zero attached hydrogens (tertiary/aromatic N) is 2. The van der Waals surface area contributed by atoms with Crippen molar-refractivity contribution in [1.82, 2.24) is 10.2 Å². The number of carbonyl (C=O) groups is 1. The van der Waals surface area contributed by atoms with Crippen LogP contribution in [0.4, 0.5) is 5.82 Å². The number of anilines is 1. The zero-order valence-electron chi connectivity index (χ0n) is 15.8. The molecule has 0 bridgehead atoms. The second kappa shape index (κ2) is 6.77. The molecule has 2 heterocycles. The topological polar surface area (TPSA) is 82.6 Å². The molecule has 0 spiro atoms. The largest absolute Gasteiger partial charge is 0.496 e. The van der Waals surface area contributed by atoms with Gasteiger partial charge in [0.05, 0.1) is 18.2 Å². The van der Waals surface area contributed by atoms with E-state index in [-0.39, 0.29) is 12.7 Å². The number of para-hydroxylation sites is 1. The SMILES string of the molecule is COc1ccccc1-c1ccc(NC(=O)C2(c3ccc4c(c3)OCO4)CC2)nn1. The van der Waals surface area contributed by atoms with E-state index in [2.05, 4.69) is 15.5 Å². The Morgan fingerprint density at radius 3 is 2.62 bits per heavy atom. The number of nitrogens with one attached hydrogen (secondary N) is 1. The van der Waals surface area contributed by atoms with Gasteiger partial charge in [0.25, 0.3) is 0 Å². The van der Waals surface area contributed by atoms with Crippen molar-refractivity contribution < 1.29 is 19.0 Å². The summed E-state index contributed by atoms with van der Waals surface area (Å²) in [7, 11) is 1.62. The van der Waals surface area contributed by atoms with Gasteiger partial charge in [-0.2, -0.15) is 0 Å². The van der Waals surface area contributed by atoms with Gasteiger partial charge in [-0.25, -0.2) is 0 Å². The number of methoxy groups -OCH3 is 1. The number of aromatic nitrogens is 2. The second-order valence-corrected chi connectivity index (χ2v) is 7.11. The monoisotopic (exact) mass is 389 g/mol. The van der Waals surface area contributed by atoms with Gasteiger partial charge in [0, 0.05) is 5.56 Å². The molecule has 29 heavy (non-hydrogen) atoms. The molecule has 7 heteroatoms. The van der Waals surface area contributed by atoms with E-state index in [9.17, 15) is 4.79 Å². The number of rotatable bonds is 5. The Morgan fingerprint density at radius 2 is 1.86 bits per heavy atom. The van der Waals surface area contributed by atoms with E-state index in [0.717, 1.165) is 29.7 Å². The van der Waals surface area contributed by atoms with Gasteiger partial charge in [0.15, 0.2) is 17.3 Å². The van der Waals surface area contributed by atoms with Gasteiger partial charge >= 0.3 is 0 Å². The van der Waals surface area contributed by atoms with Gasteiger partial charge in [-0.05, 0) is 54.8 Å². The highest BCUT2D eigenvalue weighted by Crippen LogP contribution is 2.51. The van der Waals surface area contributed by atoms with Crippen LogP contribution in [0.2, 0.25) is 0 Å². The predicted octanol–water partition coefficient (Wildman–Crippen LogP) is 3.55. The average molecular weight is 389 g/mol. The highest BCUT2D eigenvalue weighted by Gasteiger charge is 2.51. The summed E-state index contributed by atoms with van der Waals surface area (Å²) in [5, 5.41) is 11.3. The van der Waals surface area contributed by atoms with E-state index < -0.39 is 5.41 Å². The molecule has 0 unspecified atom stereocenters. The van der Waals surface area contributed by atoms with Crippen LogP contribution in [0.3, 0.4) is 0 Å². The zero-order chi connectivity index (χ0) is 19.8. The van der Waals surface area contributed by atoms with E-state index in [1.54, 1.807) is 13.2 Å². The van der Waals surface area contributed by atoms with Crippen LogP contribution in [0.15, 0.2) is 54.6 Å². The summed E-state index contributed by atoms with van der Waals surface area (Å²) in [5.41, 5.74) is 1.90. The lowest BCUT2D eigenvalue weighted by Crippen LogP contribution is -2.28. The fourth-order valence-electron chi connectivity index (χ4n) is 3.60. The van der Waals surface area contributed by atoms with E-state index >= 15 is 0 Å². The third-order valence-corrected chi connectivity index (χ3v) is 5.40. The zero-order valence-corrected chi connectivity index (χ0v) is 15.8. The summed E-state index contributed by atoms with van der Waals surface area (Å²) in [5.74, 6) is 2.44. The molecular weight excluding hydrogens is 370 g/mol. The highest BCUT2D eigenvalue weighted by atomic mass is 16.7. The summed E-state index contributed by atoms with van der Waals surface area (Å²) < 4.78 is 16.2. The molecule has 1 aliphatic carbocycles. The molecule has 1 N–H and O–H groups in total. The van der Waals surface area contributed by atoms with Crippen LogP contribution >= 0.6 is 0 Å². The molecule has 1 saturated carbocycles. The van der Waals surface area contributed by atoms with Gasteiger partial charge in [0.1, 0.15) is 5.75 Å². The van der Waals surface area contributed by atoms with Crippen molar-refractivity contribution in [3.8, 4) is 28.5 Å². The molecule has 7 nitrogen and oxygen atoms in total. The normalized spacial score (nSPS) is 15.6. The molecule has 0 atom stereocenters. The van der Waals surface area contributed by atoms with Crippen LogP contribution < -0.4 is 19.5 Å². The molecule has 1 amide bonds. The number of benzene rings is 2. The van der Waals surface area contributed by atoms with Gasteiger partial charge < -0.3 is 19.5 Å². The number of hydrogen-bond acceptors (Lipinski definition) is 6. The fourth-order valence-corrected chi connectivity index (χ4v) is 3.60. The Kier molecular flexibility index (Phi) is 4.08. The van der Waals surface area contributed by atoms with Gasteiger partial charge in [0.2, 0.25) is 12.7 Å². The summed E-state index contributed by atoms with van der Waals surface area (Å²) >= 11 is 0. The fraction of sp³-hybridized carbons (Fsp3) is 0.227. The average Bonchev–Trinajstić information content (AvgIpc) is 3.45. The lowest BCUT2D eigenvalue weighted by Gasteiger charge is -2.16. The Bertz CT molecular complexity index is 1080. The van der Waals surface area contributed by atoms with Crippen LogP contribution in [0.1, 0.15) is 18.4 Å². The molecule has 2 aliphatic rings. The summed E-state index contributed by atoms with van der Waals surface area (Å²) in [4.78, 5) is 13.0. The summed E-state index contributed by atoms with van der Waals surface area (Å²) in [6.07, 6.45) is 1.57. The van der Waals surface area contributed by atoms with Gasteiger partial charge in [-0.1, -0.05) is 18.2 Å². The van der Waals surface area contributed by atoms with Crippen molar-refractivity contribution in [1.29, 1.82) is 0 Å². The predicted molar refractivity (Wildman–Crippen MR) is 106 cm³/mol. The molecular formula is C22H19N3O4. The van der Waals surface area contributed by atoms with E-state index in [1.165, 1.54) is 0 Å². The Morgan fingerprint density at radius 1 is 1.03 bits per heavy atom. The van der Waals surface area contributed by atoms with Crippen LogP contribution in [-0.4, -0.2) is 30.0 Å². The second-order valence-electron chi connectivity index (χ2n) is 7.11. The maximum atomic E-state index is 13.0. The molecule has 3 aromatic rings. The van der Waals surface area contributed by atoms with E-state index in [0.29, 0.717) is 23.0 Å². The highest BCUT2D eigenvalue weighted by molar-refractivity contribution is 6.01. The molecule has 0 saturated heterocycles. The van der Waals surface area contributed by atoms with Crippen LogP contribution in [0.25, 0.3) is 11.3 Å². The van der Waals surface area contributed by atoms with Gasteiger partial charge in [-0.15, -0.1) is 10.2 Å². The third kappa shape index (κ3) is 3.04. The van der Waals surface area contributed by atoms with Crippen molar-refractivity contribution in [2.24, 2.45) is 0 Å². The Hall–Kier alpha value is -3.61. The van der Waals surface area contributed by atoms with Crippen LogP contribution in [0, 0.1) is 0 Å². The molecule has 1 aliphatic heterocycles. The molecule has 1 aromatic heterocycles. The number of amides is 1. The number of ether oxygens (including phenoxy) is 3. The Balaban J connectivity index is 1.35. The molecule has 146 valence electrons. The first kappa shape index (κ1) is 17.5. The van der Waals surface area contributed by atoms with Crippen molar-refractivity contribution in [3.63, 3.8) is 0 Å². The van der Waals surface area contributed by atoms with Crippen molar-refractivity contribution in [3.05, 3.63) is 60.2 Å². The summed E-state index contributed by atoms with van der Waals surface area (Å²) in [6.45, 7) is 0.214. The molecule has 0 radical (unpaired) electrons. The standard InChI is InChI=1S/C22H19N3O4/c1-27-17-5-3-2-4-15(17)16-7-9-20(25-24-16)23-21(26)22(10-11-22)14-6-8-18-19(12-14)29-13-28-18/h2-9,12H,10-11,13H2,1H3,(H,23,25,26). The third-order valence-electron chi connectivity index (χ3n) is 5.40. The van der Waals surface area contributed by atoms with Crippen molar-refractivity contribution >= 4 is 11.7 Å². The van der Waals surface area contributed by atoms with E-state index in [1.807, 2.05) is 48.5 Å². The molecule has 1 fully saturated rings. The number of carbonyl (C=O) groups excluding carboxylic acids is 1. The lowest BCUT2D eigenvalue weighted by molar-refractivity contribution is -0.118. The first-order valence-electron chi connectivity index (χ1n) is 9.38. The van der Waals surface area contributed by atoms with Crippen molar-refractivity contribution in [2.45, 2.75) is 18.3 Å². The minimum atomic E-state index is -0.552. The first-order valence-corrected chi connectivity index (χ1v) is 9.38. The number of fused-ring (bicyclic) bond motifs is 1. The molecule has 2 aromatic carbocycles. The quantitative estimate of drug-likeness (QED) is 0.719. The van der Waals surface area contributed by atoms with E-state index in [4.69, 9.17) is 14.2 Å². The number of hydrogen-bond donors (Lipinski definition) is 1. The maximum Gasteiger partial charge on any atom is 0.236 e. The first-order chi connectivity index (χ1) is 14.2. The van der Waals surface area contributed by atoms with Crippen LogP contribution in [0.5, 0.6) is 17.2 Å². The lowest BCUT2D eigenvalue weighted by atomic mass is 9.94. The minimum absolute atomic E-state index is 0.0873. The molecule has 5 rings (SSSR count). The van der Waals surface area contributed by atoms with Gasteiger partial charge in [-0.3, -0.25) is 4.79 Å².